The van der Waals surface area contributed by atoms with E-state index in [-0.39, 0.29) is 35.0 Å². The van der Waals surface area contributed by atoms with Crippen LogP contribution in [0.1, 0.15) is 50.8 Å². The second-order valence-electron chi connectivity index (χ2n) is 6.71. The first-order valence-electron chi connectivity index (χ1n) is 7.29. The van der Waals surface area contributed by atoms with Crippen molar-refractivity contribution in [3.63, 3.8) is 0 Å². The summed E-state index contributed by atoms with van der Waals surface area (Å²) in [5.74, 6) is -1.49. The summed E-state index contributed by atoms with van der Waals surface area (Å²) in [7, 11) is 0. The minimum absolute atomic E-state index is 0.243. The van der Waals surface area contributed by atoms with E-state index in [0.717, 1.165) is 0 Å². The van der Waals surface area contributed by atoms with Crippen LogP contribution in [0, 0.1) is 5.82 Å². The van der Waals surface area contributed by atoms with Crippen LogP contribution in [0.2, 0.25) is 0 Å². The molecule has 5 nitrogen and oxygen atoms in total. The lowest BCUT2D eigenvalue weighted by Gasteiger charge is -2.21. The number of carbonyl (C=O) groups is 2. The Kier molecular flexibility index (Phi) is 3.27. The van der Waals surface area contributed by atoms with Gasteiger partial charge in [0.1, 0.15) is 5.52 Å². The van der Waals surface area contributed by atoms with Gasteiger partial charge in [0.25, 0.3) is 0 Å². The van der Waals surface area contributed by atoms with Crippen molar-refractivity contribution >= 4 is 22.7 Å². The van der Waals surface area contributed by atoms with Crippen LogP contribution in [0.3, 0.4) is 0 Å². The van der Waals surface area contributed by atoms with Crippen molar-refractivity contribution in [1.29, 1.82) is 0 Å². The second-order valence-corrected chi connectivity index (χ2v) is 6.71. The van der Waals surface area contributed by atoms with Gasteiger partial charge in [-0.25, -0.2) is 4.39 Å². The number of hydrogen-bond donors (Lipinski definition) is 2. The van der Waals surface area contributed by atoms with Gasteiger partial charge in [-0.15, -0.1) is 0 Å². The molecule has 2 N–H and O–H groups in total. The maximum Gasteiger partial charge on any atom is 0.235 e. The molecule has 6 heteroatoms. The second kappa shape index (κ2) is 4.90. The Hall–Kier alpha value is -2.24. The van der Waals surface area contributed by atoms with E-state index in [1.807, 2.05) is 20.8 Å². The van der Waals surface area contributed by atoms with Gasteiger partial charge in [-0.05, 0) is 17.4 Å². The van der Waals surface area contributed by atoms with Crippen LogP contribution in [-0.2, 0) is 15.0 Å². The number of aromatic amines is 1. The molecule has 1 saturated heterocycles. The van der Waals surface area contributed by atoms with E-state index < -0.39 is 5.92 Å². The van der Waals surface area contributed by atoms with E-state index in [9.17, 15) is 14.0 Å². The smallest absolute Gasteiger partial charge is 0.235 e. The topological polar surface area (TPSA) is 74.8 Å². The summed E-state index contributed by atoms with van der Waals surface area (Å²) in [5.41, 5.74) is 1.07. The fourth-order valence-corrected chi connectivity index (χ4v) is 2.88. The first-order chi connectivity index (χ1) is 10.3. The van der Waals surface area contributed by atoms with Gasteiger partial charge in [-0.3, -0.25) is 20.0 Å². The number of imide groups is 1. The van der Waals surface area contributed by atoms with Gasteiger partial charge >= 0.3 is 0 Å². The molecule has 0 bridgehead atoms. The molecule has 1 fully saturated rings. The van der Waals surface area contributed by atoms with E-state index in [1.165, 1.54) is 0 Å². The van der Waals surface area contributed by atoms with E-state index >= 15 is 0 Å². The van der Waals surface area contributed by atoms with E-state index in [4.69, 9.17) is 0 Å². The van der Waals surface area contributed by atoms with Crippen LogP contribution in [0.25, 0.3) is 10.9 Å². The van der Waals surface area contributed by atoms with Crippen molar-refractivity contribution in [2.45, 2.75) is 44.9 Å². The lowest BCUT2D eigenvalue weighted by Crippen LogP contribution is -2.39. The molecule has 1 atom stereocenters. The number of carbonyl (C=O) groups excluding carboxylic acids is 2. The van der Waals surface area contributed by atoms with Crippen molar-refractivity contribution in [1.82, 2.24) is 15.5 Å². The largest absolute Gasteiger partial charge is 0.296 e. The van der Waals surface area contributed by atoms with Crippen molar-refractivity contribution in [2.75, 3.05) is 0 Å². The van der Waals surface area contributed by atoms with Crippen molar-refractivity contribution in [3.8, 4) is 0 Å². The zero-order chi connectivity index (χ0) is 16.1. The minimum Gasteiger partial charge on any atom is -0.296 e. The molecule has 2 aromatic rings. The molecule has 2 amide bonds. The number of halogens is 1. The molecule has 1 aromatic carbocycles. The first kappa shape index (κ1) is 14.7. The van der Waals surface area contributed by atoms with Crippen molar-refractivity contribution in [2.24, 2.45) is 0 Å². The molecule has 22 heavy (non-hydrogen) atoms. The maximum atomic E-state index is 14.7. The van der Waals surface area contributed by atoms with Gasteiger partial charge in [0.15, 0.2) is 5.82 Å². The Morgan fingerprint density at radius 2 is 2.00 bits per heavy atom. The Balaban J connectivity index is 2.09. The number of benzene rings is 1. The molecule has 2 heterocycles. The Labute approximate surface area is 127 Å². The summed E-state index contributed by atoms with van der Waals surface area (Å²) in [6.45, 7) is 5.81. The molecule has 1 unspecified atom stereocenters. The van der Waals surface area contributed by atoms with Crippen LogP contribution in [0.5, 0.6) is 0 Å². The summed E-state index contributed by atoms with van der Waals surface area (Å²) >= 11 is 0. The van der Waals surface area contributed by atoms with Crippen LogP contribution in [0.4, 0.5) is 4.39 Å². The standard InChI is InChI=1S/C16H18FN3O2/c1-16(2,3)10-6-4-8-13(19-20-14(8)12(10)17)9-5-7-11(21)18-15(9)22/h4,6,9H,5,7H2,1-3H3,(H,19,20)(H,18,21,22). The number of hydrogen-bond acceptors (Lipinski definition) is 3. The highest BCUT2D eigenvalue weighted by molar-refractivity contribution is 6.02. The van der Waals surface area contributed by atoms with Crippen molar-refractivity contribution in [3.05, 3.63) is 29.2 Å². The monoisotopic (exact) mass is 303 g/mol. The number of piperidine rings is 1. The van der Waals surface area contributed by atoms with Crippen LogP contribution < -0.4 is 5.32 Å². The summed E-state index contributed by atoms with van der Waals surface area (Å²) in [4.78, 5) is 23.2. The van der Waals surface area contributed by atoms with Gasteiger partial charge in [0.05, 0.1) is 11.6 Å². The number of nitrogens with zero attached hydrogens (tertiary/aromatic N) is 1. The Bertz CT molecular complexity index is 774. The molecule has 116 valence electrons. The average Bonchev–Trinajstić information content (AvgIpc) is 2.82. The van der Waals surface area contributed by atoms with Crippen LogP contribution in [0.15, 0.2) is 12.1 Å². The van der Waals surface area contributed by atoms with Gasteiger partial charge in [0, 0.05) is 11.8 Å². The van der Waals surface area contributed by atoms with E-state index in [0.29, 0.717) is 23.1 Å². The fourth-order valence-electron chi connectivity index (χ4n) is 2.88. The summed E-state index contributed by atoms with van der Waals surface area (Å²) in [6, 6.07) is 3.53. The highest BCUT2D eigenvalue weighted by Gasteiger charge is 2.31. The molecule has 0 aliphatic carbocycles. The normalized spacial score (nSPS) is 19.5. The third-order valence-electron chi connectivity index (χ3n) is 4.09. The Morgan fingerprint density at radius 1 is 1.27 bits per heavy atom. The fraction of sp³-hybridized carbons (Fsp3) is 0.438. The molecule has 0 spiro atoms. The maximum absolute atomic E-state index is 14.7. The zero-order valence-corrected chi connectivity index (χ0v) is 12.8. The molecule has 0 radical (unpaired) electrons. The lowest BCUT2D eigenvalue weighted by atomic mass is 9.85. The number of H-pyrrole nitrogens is 1. The first-order valence-corrected chi connectivity index (χ1v) is 7.29. The van der Waals surface area contributed by atoms with Gasteiger partial charge in [-0.1, -0.05) is 32.9 Å². The summed E-state index contributed by atoms with van der Waals surface area (Å²) < 4.78 is 14.7. The van der Waals surface area contributed by atoms with Crippen LogP contribution in [-0.4, -0.2) is 22.0 Å². The minimum atomic E-state index is -0.498. The predicted octanol–water partition coefficient (Wildman–Crippen LogP) is 2.52. The molecular weight excluding hydrogens is 285 g/mol. The number of amides is 2. The van der Waals surface area contributed by atoms with Crippen LogP contribution >= 0.6 is 0 Å². The van der Waals surface area contributed by atoms with E-state index in [2.05, 4.69) is 15.5 Å². The molecular formula is C16H18FN3O2. The number of nitrogens with one attached hydrogen (secondary N) is 2. The quantitative estimate of drug-likeness (QED) is 0.795. The number of rotatable bonds is 1. The SMILES string of the molecule is CC(C)(C)c1ccc2c(C3CCC(=O)NC3=O)[nH]nc2c1F. The molecule has 1 aromatic heterocycles. The van der Waals surface area contributed by atoms with Gasteiger partial charge in [-0.2, -0.15) is 5.10 Å². The number of aromatic nitrogens is 2. The molecule has 0 saturated carbocycles. The highest BCUT2D eigenvalue weighted by Crippen LogP contribution is 2.34. The third kappa shape index (κ3) is 2.28. The number of fused-ring (bicyclic) bond motifs is 1. The van der Waals surface area contributed by atoms with Crippen molar-refractivity contribution < 1.29 is 14.0 Å². The lowest BCUT2D eigenvalue weighted by molar-refractivity contribution is -0.134. The summed E-state index contributed by atoms with van der Waals surface area (Å²) in [5, 5.41) is 9.75. The summed E-state index contributed by atoms with van der Waals surface area (Å²) in [6.07, 6.45) is 0.685. The highest BCUT2D eigenvalue weighted by atomic mass is 19.1. The zero-order valence-electron chi connectivity index (χ0n) is 12.8. The molecule has 1 aliphatic rings. The average molecular weight is 303 g/mol. The predicted molar refractivity (Wildman–Crippen MR) is 79.9 cm³/mol. The molecule has 3 rings (SSSR count). The van der Waals surface area contributed by atoms with Gasteiger partial charge < -0.3 is 0 Å². The molecule has 1 aliphatic heterocycles. The van der Waals surface area contributed by atoms with E-state index in [1.54, 1.807) is 12.1 Å². The Morgan fingerprint density at radius 3 is 2.64 bits per heavy atom. The third-order valence-corrected chi connectivity index (χ3v) is 4.09. The van der Waals surface area contributed by atoms with Gasteiger partial charge in [0.2, 0.25) is 11.8 Å².